The second-order valence-corrected chi connectivity index (χ2v) is 6.52. The van der Waals surface area contributed by atoms with E-state index in [1.54, 1.807) is 37.4 Å². The van der Waals surface area contributed by atoms with E-state index >= 15 is 0 Å². The molecular weight excluding hydrogens is 278 g/mol. The second kappa shape index (κ2) is 5.68. The number of methoxy groups -OCH3 is 1. The highest BCUT2D eigenvalue weighted by Gasteiger charge is 2.22. The molecular formula is C14H17NO4S. The lowest BCUT2D eigenvalue weighted by molar-refractivity contribution is 0.404. The average molecular weight is 295 g/mol. The Hall–Kier alpha value is -1.79. The van der Waals surface area contributed by atoms with Crippen LogP contribution in [0.1, 0.15) is 11.3 Å². The predicted molar refractivity (Wildman–Crippen MR) is 75.1 cm³/mol. The van der Waals surface area contributed by atoms with Crippen LogP contribution in [0.2, 0.25) is 0 Å². The number of hydrogen-bond acceptors (Lipinski definition) is 4. The summed E-state index contributed by atoms with van der Waals surface area (Å²) in [5, 5.41) is 0. The molecule has 1 aromatic carbocycles. The maximum atomic E-state index is 12.5. The lowest BCUT2D eigenvalue weighted by atomic mass is 10.2. The molecule has 0 saturated heterocycles. The first kappa shape index (κ1) is 14.6. The zero-order valence-electron chi connectivity index (χ0n) is 11.7. The molecule has 0 fully saturated rings. The number of aryl methyl sites for hydroxylation is 1. The fourth-order valence-corrected chi connectivity index (χ4v) is 3.12. The predicted octanol–water partition coefficient (Wildman–Crippen LogP) is 2.42. The first-order valence-corrected chi connectivity index (χ1v) is 7.52. The molecule has 0 saturated carbocycles. The van der Waals surface area contributed by atoms with E-state index in [-0.39, 0.29) is 11.4 Å². The van der Waals surface area contributed by atoms with E-state index in [1.165, 1.54) is 17.6 Å². The standard InChI is InChI=1S/C14H17NO4S/c1-11-9-13(6-7-14(11)18-3)20(16,17)15(2)10-12-5-4-8-19-12/h4-9H,10H2,1-3H3. The third-order valence-electron chi connectivity index (χ3n) is 3.03. The van der Waals surface area contributed by atoms with Gasteiger partial charge in [0.25, 0.3) is 0 Å². The Balaban J connectivity index is 2.27. The highest BCUT2D eigenvalue weighted by atomic mass is 32.2. The zero-order chi connectivity index (χ0) is 14.8. The zero-order valence-corrected chi connectivity index (χ0v) is 12.5. The van der Waals surface area contributed by atoms with E-state index in [0.717, 1.165) is 5.56 Å². The minimum Gasteiger partial charge on any atom is -0.496 e. The maximum Gasteiger partial charge on any atom is 0.243 e. The van der Waals surface area contributed by atoms with Crippen LogP contribution in [0.15, 0.2) is 45.9 Å². The number of furan rings is 1. The van der Waals surface area contributed by atoms with Crippen LogP contribution >= 0.6 is 0 Å². The van der Waals surface area contributed by atoms with Gasteiger partial charge in [-0.1, -0.05) is 0 Å². The molecule has 0 radical (unpaired) electrons. The van der Waals surface area contributed by atoms with Crippen molar-refractivity contribution in [3.63, 3.8) is 0 Å². The molecule has 108 valence electrons. The lowest BCUT2D eigenvalue weighted by Crippen LogP contribution is -2.26. The van der Waals surface area contributed by atoms with Crippen LogP contribution in [0.5, 0.6) is 5.75 Å². The Labute approximate surface area is 118 Å². The monoisotopic (exact) mass is 295 g/mol. The van der Waals surface area contributed by atoms with Crippen LogP contribution < -0.4 is 4.74 Å². The lowest BCUT2D eigenvalue weighted by Gasteiger charge is -2.16. The summed E-state index contributed by atoms with van der Waals surface area (Å²) >= 11 is 0. The summed E-state index contributed by atoms with van der Waals surface area (Å²) in [7, 11) is -0.464. The molecule has 5 nitrogen and oxygen atoms in total. The summed E-state index contributed by atoms with van der Waals surface area (Å²) < 4.78 is 36.5. The summed E-state index contributed by atoms with van der Waals surface area (Å²) in [4.78, 5) is 0.241. The van der Waals surface area contributed by atoms with E-state index < -0.39 is 10.0 Å². The minimum atomic E-state index is -3.54. The van der Waals surface area contributed by atoms with Gasteiger partial charge in [0.2, 0.25) is 10.0 Å². The van der Waals surface area contributed by atoms with E-state index in [2.05, 4.69) is 0 Å². The number of benzene rings is 1. The molecule has 0 spiro atoms. The maximum absolute atomic E-state index is 12.5. The van der Waals surface area contributed by atoms with E-state index in [1.807, 2.05) is 6.92 Å². The van der Waals surface area contributed by atoms with Crippen molar-refractivity contribution < 1.29 is 17.6 Å². The van der Waals surface area contributed by atoms with Crippen molar-refractivity contribution >= 4 is 10.0 Å². The van der Waals surface area contributed by atoms with Gasteiger partial charge < -0.3 is 9.15 Å². The number of rotatable bonds is 5. The van der Waals surface area contributed by atoms with Crippen LogP contribution in [0.25, 0.3) is 0 Å². The van der Waals surface area contributed by atoms with Crippen molar-refractivity contribution in [1.29, 1.82) is 0 Å². The Kier molecular flexibility index (Phi) is 4.15. The molecule has 0 amide bonds. The molecule has 20 heavy (non-hydrogen) atoms. The smallest absolute Gasteiger partial charge is 0.243 e. The van der Waals surface area contributed by atoms with Gasteiger partial charge in [-0.25, -0.2) is 8.42 Å². The van der Waals surface area contributed by atoms with Crippen molar-refractivity contribution in [2.45, 2.75) is 18.4 Å². The van der Waals surface area contributed by atoms with Crippen molar-refractivity contribution in [3.8, 4) is 5.75 Å². The molecule has 1 heterocycles. The average Bonchev–Trinajstić information content (AvgIpc) is 2.91. The van der Waals surface area contributed by atoms with Gasteiger partial charge in [0.1, 0.15) is 11.5 Å². The van der Waals surface area contributed by atoms with Crippen LogP contribution in [-0.2, 0) is 16.6 Å². The molecule has 0 aliphatic rings. The summed E-state index contributed by atoms with van der Waals surface area (Å²) in [6, 6.07) is 8.27. The Morgan fingerprint density at radius 1 is 1.30 bits per heavy atom. The van der Waals surface area contributed by atoms with Gasteiger partial charge >= 0.3 is 0 Å². The van der Waals surface area contributed by atoms with Crippen LogP contribution in [0.3, 0.4) is 0 Å². The number of ether oxygens (including phenoxy) is 1. The van der Waals surface area contributed by atoms with Gasteiger partial charge in [-0.05, 0) is 42.8 Å². The molecule has 1 aromatic heterocycles. The van der Waals surface area contributed by atoms with Gasteiger partial charge in [0, 0.05) is 7.05 Å². The second-order valence-electron chi connectivity index (χ2n) is 4.47. The van der Waals surface area contributed by atoms with Gasteiger partial charge in [-0.15, -0.1) is 0 Å². The fourth-order valence-electron chi connectivity index (χ4n) is 1.90. The third-order valence-corrected chi connectivity index (χ3v) is 4.83. The van der Waals surface area contributed by atoms with Gasteiger partial charge in [0.15, 0.2) is 0 Å². The van der Waals surface area contributed by atoms with Crippen LogP contribution in [0, 0.1) is 6.92 Å². The number of nitrogens with zero attached hydrogens (tertiary/aromatic N) is 1. The van der Waals surface area contributed by atoms with Crippen molar-refractivity contribution in [3.05, 3.63) is 47.9 Å². The normalized spacial score (nSPS) is 11.8. The molecule has 0 aliphatic carbocycles. The molecule has 0 unspecified atom stereocenters. The summed E-state index contributed by atoms with van der Waals surface area (Å²) in [6.45, 7) is 2.00. The topological polar surface area (TPSA) is 59.8 Å². The molecule has 2 rings (SSSR count). The molecule has 0 atom stereocenters. The fraction of sp³-hybridized carbons (Fsp3) is 0.286. The van der Waals surface area contributed by atoms with E-state index in [4.69, 9.17) is 9.15 Å². The van der Waals surface area contributed by atoms with E-state index in [9.17, 15) is 8.42 Å². The van der Waals surface area contributed by atoms with Gasteiger partial charge in [-0.3, -0.25) is 0 Å². The Bertz CT molecular complexity index is 677. The number of sulfonamides is 1. The van der Waals surface area contributed by atoms with E-state index in [0.29, 0.717) is 11.5 Å². The first-order valence-electron chi connectivity index (χ1n) is 6.08. The molecule has 0 N–H and O–H groups in total. The Morgan fingerprint density at radius 3 is 2.60 bits per heavy atom. The van der Waals surface area contributed by atoms with Crippen molar-refractivity contribution in [1.82, 2.24) is 4.31 Å². The highest BCUT2D eigenvalue weighted by molar-refractivity contribution is 7.89. The van der Waals surface area contributed by atoms with Crippen molar-refractivity contribution in [2.24, 2.45) is 0 Å². The minimum absolute atomic E-state index is 0.195. The summed E-state index contributed by atoms with van der Waals surface area (Å²) in [5.41, 5.74) is 0.778. The van der Waals surface area contributed by atoms with Crippen molar-refractivity contribution in [2.75, 3.05) is 14.2 Å². The molecule has 2 aromatic rings. The summed E-state index contributed by atoms with van der Waals surface area (Å²) in [5.74, 6) is 1.26. The molecule has 6 heteroatoms. The third kappa shape index (κ3) is 2.86. The first-order chi connectivity index (χ1) is 9.45. The van der Waals surface area contributed by atoms with Gasteiger partial charge in [-0.2, -0.15) is 4.31 Å². The largest absolute Gasteiger partial charge is 0.496 e. The summed E-state index contributed by atoms with van der Waals surface area (Å²) in [6.07, 6.45) is 1.52. The highest BCUT2D eigenvalue weighted by Crippen LogP contribution is 2.24. The number of hydrogen-bond donors (Lipinski definition) is 0. The molecule has 0 aliphatic heterocycles. The van der Waals surface area contributed by atoms with Gasteiger partial charge in [0.05, 0.1) is 24.8 Å². The van der Waals surface area contributed by atoms with Crippen LogP contribution in [-0.4, -0.2) is 26.9 Å². The van der Waals surface area contributed by atoms with Crippen LogP contribution in [0.4, 0.5) is 0 Å². The SMILES string of the molecule is COc1ccc(S(=O)(=O)N(C)Cc2ccco2)cc1C. The quantitative estimate of drug-likeness (QED) is 0.850. The molecule has 0 bridgehead atoms. The Morgan fingerprint density at radius 2 is 2.05 bits per heavy atom.